The van der Waals surface area contributed by atoms with E-state index in [1.165, 1.54) is 25.7 Å². The summed E-state index contributed by atoms with van der Waals surface area (Å²) in [4.78, 5) is 22.6. The van der Waals surface area contributed by atoms with Crippen LogP contribution in [0, 0.1) is 5.92 Å². The van der Waals surface area contributed by atoms with E-state index in [1.54, 1.807) is 6.92 Å². The summed E-state index contributed by atoms with van der Waals surface area (Å²) in [5.74, 6) is -1.81. The van der Waals surface area contributed by atoms with Crippen LogP contribution in [0.3, 0.4) is 0 Å². The van der Waals surface area contributed by atoms with Crippen molar-refractivity contribution in [1.29, 1.82) is 0 Å². The van der Waals surface area contributed by atoms with E-state index in [4.69, 9.17) is 10.5 Å². The molecule has 1 atom stereocenters. The van der Waals surface area contributed by atoms with Crippen LogP contribution in [-0.4, -0.2) is 18.5 Å². The Morgan fingerprint density at radius 2 is 1.56 bits per heavy atom. The molecule has 0 aromatic rings. The Morgan fingerprint density at radius 1 is 1.00 bits per heavy atom. The predicted molar refractivity (Wildman–Crippen MR) is 71.9 cm³/mol. The minimum Gasteiger partial charge on any atom is -0.465 e. The first-order valence-electron chi connectivity index (χ1n) is 7.09. The van der Waals surface area contributed by atoms with Crippen molar-refractivity contribution in [2.75, 3.05) is 6.61 Å². The molecule has 1 unspecified atom stereocenters. The zero-order valence-corrected chi connectivity index (χ0v) is 11.7. The molecule has 18 heavy (non-hydrogen) atoms. The molecule has 0 aromatic heterocycles. The lowest BCUT2D eigenvalue weighted by atomic mass is 9.99. The Hall–Kier alpha value is -1.06. The fraction of sp³-hybridized carbons (Fsp3) is 0.857. The molecule has 0 rings (SSSR count). The first-order valence-corrected chi connectivity index (χ1v) is 7.09. The quantitative estimate of drug-likeness (QED) is 0.351. The fourth-order valence-electron chi connectivity index (χ4n) is 1.92. The van der Waals surface area contributed by atoms with E-state index in [1.807, 2.05) is 0 Å². The summed E-state index contributed by atoms with van der Waals surface area (Å²) >= 11 is 0. The maximum absolute atomic E-state index is 11.5. The molecular weight excluding hydrogens is 230 g/mol. The highest BCUT2D eigenvalue weighted by atomic mass is 16.5. The first kappa shape index (κ1) is 16.9. The smallest absolute Gasteiger partial charge is 0.318 e. The van der Waals surface area contributed by atoms with Crippen molar-refractivity contribution in [1.82, 2.24) is 0 Å². The summed E-state index contributed by atoms with van der Waals surface area (Å²) in [6.45, 7) is 4.21. The lowest BCUT2D eigenvalue weighted by Gasteiger charge is -2.11. The number of amides is 1. The van der Waals surface area contributed by atoms with Crippen molar-refractivity contribution in [2.24, 2.45) is 11.7 Å². The van der Waals surface area contributed by atoms with E-state index in [0.29, 0.717) is 13.0 Å². The third kappa shape index (κ3) is 8.09. The zero-order chi connectivity index (χ0) is 13.8. The Balaban J connectivity index is 3.71. The molecule has 0 bridgehead atoms. The molecule has 0 spiro atoms. The van der Waals surface area contributed by atoms with E-state index < -0.39 is 17.8 Å². The number of esters is 1. The summed E-state index contributed by atoms with van der Waals surface area (Å²) in [6, 6.07) is 0. The zero-order valence-electron chi connectivity index (χ0n) is 11.7. The van der Waals surface area contributed by atoms with Gasteiger partial charge in [-0.2, -0.15) is 0 Å². The molecule has 0 saturated carbocycles. The first-order chi connectivity index (χ1) is 8.63. The second-order valence-electron chi connectivity index (χ2n) is 4.62. The molecule has 4 nitrogen and oxygen atoms in total. The highest BCUT2D eigenvalue weighted by Crippen LogP contribution is 2.14. The number of carbonyl (C=O) groups is 2. The third-order valence-corrected chi connectivity index (χ3v) is 3.01. The molecule has 0 heterocycles. The van der Waals surface area contributed by atoms with E-state index in [9.17, 15) is 9.59 Å². The van der Waals surface area contributed by atoms with Gasteiger partial charge in [-0.3, -0.25) is 9.59 Å². The number of carbonyl (C=O) groups excluding carboxylic acids is 2. The average Bonchev–Trinajstić information content (AvgIpc) is 2.32. The van der Waals surface area contributed by atoms with Gasteiger partial charge < -0.3 is 10.5 Å². The molecule has 106 valence electrons. The largest absolute Gasteiger partial charge is 0.465 e. The summed E-state index contributed by atoms with van der Waals surface area (Å²) < 4.78 is 4.84. The predicted octanol–water partition coefficient (Wildman–Crippen LogP) is 2.79. The van der Waals surface area contributed by atoms with Crippen molar-refractivity contribution in [3.63, 3.8) is 0 Å². The Labute approximate surface area is 110 Å². The number of nitrogens with two attached hydrogens (primary N) is 1. The topological polar surface area (TPSA) is 69.4 Å². The van der Waals surface area contributed by atoms with E-state index in [2.05, 4.69) is 6.92 Å². The van der Waals surface area contributed by atoms with Gasteiger partial charge in [0.1, 0.15) is 5.92 Å². The molecule has 4 heteroatoms. The van der Waals surface area contributed by atoms with Crippen LogP contribution < -0.4 is 5.73 Å². The van der Waals surface area contributed by atoms with Crippen LogP contribution >= 0.6 is 0 Å². The second kappa shape index (κ2) is 11.1. The van der Waals surface area contributed by atoms with E-state index in [0.717, 1.165) is 19.3 Å². The molecule has 0 aliphatic carbocycles. The van der Waals surface area contributed by atoms with Crippen LogP contribution in [0.2, 0.25) is 0 Å². The highest BCUT2D eigenvalue weighted by molar-refractivity contribution is 5.96. The minimum absolute atomic E-state index is 0.291. The third-order valence-electron chi connectivity index (χ3n) is 3.01. The van der Waals surface area contributed by atoms with Crippen LogP contribution in [-0.2, 0) is 14.3 Å². The maximum Gasteiger partial charge on any atom is 0.318 e. The van der Waals surface area contributed by atoms with Crippen LogP contribution in [0.15, 0.2) is 0 Å². The van der Waals surface area contributed by atoms with Crippen LogP contribution in [0.25, 0.3) is 0 Å². The van der Waals surface area contributed by atoms with Gasteiger partial charge in [0.25, 0.3) is 0 Å². The van der Waals surface area contributed by atoms with Crippen molar-refractivity contribution < 1.29 is 14.3 Å². The Morgan fingerprint density at radius 3 is 2.06 bits per heavy atom. The highest BCUT2D eigenvalue weighted by Gasteiger charge is 2.24. The number of hydrogen-bond donors (Lipinski definition) is 1. The van der Waals surface area contributed by atoms with E-state index in [-0.39, 0.29) is 0 Å². The van der Waals surface area contributed by atoms with Gasteiger partial charge in [-0.1, -0.05) is 51.9 Å². The summed E-state index contributed by atoms with van der Waals surface area (Å²) in [6.07, 6.45) is 8.61. The SMILES string of the molecule is CCCCCCCCCC(C(N)=O)C(=O)OCC. The van der Waals surface area contributed by atoms with Crippen molar-refractivity contribution in [2.45, 2.75) is 65.2 Å². The average molecular weight is 257 g/mol. The van der Waals surface area contributed by atoms with Gasteiger partial charge in [-0.25, -0.2) is 0 Å². The number of rotatable bonds is 11. The van der Waals surface area contributed by atoms with Gasteiger partial charge in [0, 0.05) is 0 Å². The van der Waals surface area contributed by atoms with Crippen molar-refractivity contribution in [3.8, 4) is 0 Å². The van der Waals surface area contributed by atoms with Crippen LogP contribution in [0.1, 0.15) is 65.2 Å². The molecule has 1 amide bonds. The summed E-state index contributed by atoms with van der Waals surface area (Å²) in [7, 11) is 0. The lowest BCUT2D eigenvalue weighted by molar-refractivity contribution is -0.151. The van der Waals surface area contributed by atoms with Crippen molar-refractivity contribution in [3.05, 3.63) is 0 Å². The number of primary amides is 1. The number of ether oxygens (including phenoxy) is 1. The van der Waals surface area contributed by atoms with Gasteiger partial charge in [0.15, 0.2) is 0 Å². The molecule has 0 aromatic carbocycles. The van der Waals surface area contributed by atoms with Crippen LogP contribution in [0.4, 0.5) is 0 Å². The fourth-order valence-corrected chi connectivity index (χ4v) is 1.92. The standard InChI is InChI=1S/C14H27NO3/c1-3-5-6-7-8-9-10-11-12(13(15)16)14(17)18-4-2/h12H,3-11H2,1-2H3,(H2,15,16). The number of hydrogen-bond acceptors (Lipinski definition) is 3. The van der Waals surface area contributed by atoms with Gasteiger partial charge in [0.2, 0.25) is 5.91 Å². The van der Waals surface area contributed by atoms with Crippen LogP contribution in [0.5, 0.6) is 0 Å². The molecule has 0 fully saturated rings. The molecule has 0 saturated heterocycles. The van der Waals surface area contributed by atoms with Gasteiger partial charge >= 0.3 is 5.97 Å². The molecular formula is C14H27NO3. The Bertz CT molecular complexity index is 241. The van der Waals surface area contributed by atoms with Gasteiger partial charge in [0.05, 0.1) is 6.61 Å². The normalized spacial score (nSPS) is 12.1. The summed E-state index contributed by atoms with van der Waals surface area (Å²) in [5, 5.41) is 0. The minimum atomic E-state index is -0.763. The van der Waals surface area contributed by atoms with Gasteiger partial charge in [-0.05, 0) is 13.3 Å². The molecule has 0 aliphatic heterocycles. The maximum atomic E-state index is 11.5. The summed E-state index contributed by atoms with van der Waals surface area (Å²) in [5.41, 5.74) is 5.21. The van der Waals surface area contributed by atoms with Crippen molar-refractivity contribution >= 4 is 11.9 Å². The lowest BCUT2D eigenvalue weighted by Crippen LogP contribution is -2.31. The van der Waals surface area contributed by atoms with Gasteiger partial charge in [-0.15, -0.1) is 0 Å². The molecule has 0 aliphatic rings. The molecule has 2 N–H and O–H groups in total. The molecule has 0 radical (unpaired) electrons. The second-order valence-corrected chi connectivity index (χ2v) is 4.62. The Kier molecular flexibility index (Phi) is 10.4. The van der Waals surface area contributed by atoms with E-state index >= 15 is 0 Å². The number of unbranched alkanes of at least 4 members (excludes halogenated alkanes) is 6. The monoisotopic (exact) mass is 257 g/mol.